The summed E-state index contributed by atoms with van der Waals surface area (Å²) in [6.45, 7) is 6.33. The second-order valence-electron chi connectivity index (χ2n) is 9.78. The van der Waals surface area contributed by atoms with Crippen LogP contribution in [0.4, 0.5) is 0 Å². The topological polar surface area (TPSA) is 66.6 Å². The van der Waals surface area contributed by atoms with Gasteiger partial charge in [0.15, 0.2) is 0 Å². The van der Waals surface area contributed by atoms with Crippen molar-refractivity contribution >= 4 is 5.91 Å². The maximum Gasteiger partial charge on any atom is 0.240 e. The molecule has 4 nitrogen and oxygen atoms in total. The summed E-state index contributed by atoms with van der Waals surface area (Å²) in [5.74, 6) is 0.134. The van der Waals surface area contributed by atoms with Gasteiger partial charge in [0, 0.05) is 13.1 Å². The highest BCUT2D eigenvalue weighted by molar-refractivity contribution is 5.83. The molecule has 0 radical (unpaired) electrons. The van der Waals surface area contributed by atoms with Crippen LogP contribution in [0, 0.1) is 16.2 Å². The van der Waals surface area contributed by atoms with E-state index in [0.717, 1.165) is 58.0 Å². The number of carbonyl (C=O) groups excluding carboxylic acids is 1. The highest BCUT2D eigenvalue weighted by Gasteiger charge is 2.67. The molecular weight excluding hydrogens is 276 g/mol. The molecule has 5 fully saturated rings. The van der Waals surface area contributed by atoms with Crippen molar-refractivity contribution < 1.29 is 9.90 Å². The minimum atomic E-state index is -0.596. The first kappa shape index (κ1) is 14.9. The monoisotopic (exact) mass is 306 g/mol. The molecule has 4 saturated carbocycles. The van der Waals surface area contributed by atoms with Crippen LogP contribution >= 0.6 is 0 Å². The molecule has 4 bridgehead atoms. The molecule has 1 saturated heterocycles. The number of aliphatic hydroxyl groups is 1. The zero-order chi connectivity index (χ0) is 15.8. The quantitative estimate of drug-likeness (QED) is 0.820. The number of likely N-dealkylation sites (tertiary alicyclic amines) is 1. The van der Waals surface area contributed by atoms with Crippen molar-refractivity contribution in [3.63, 3.8) is 0 Å². The summed E-state index contributed by atoms with van der Waals surface area (Å²) in [4.78, 5) is 14.8. The maximum atomic E-state index is 12.9. The third-order valence-corrected chi connectivity index (χ3v) is 6.95. The normalized spacial score (nSPS) is 51.4. The summed E-state index contributed by atoms with van der Waals surface area (Å²) in [5, 5.41) is 11.1. The Labute approximate surface area is 133 Å². The van der Waals surface area contributed by atoms with Gasteiger partial charge in [0.1, 0.15) is 0 Å². The van der Waals surface area contributed by atoms with E-state index in [9.17, 15) is 9.90 Å². The van der Waals surface area contributed by atoms with E-state index >= 15 is 0 Å². The fraction of sp³-hybridized carbons (Fsp3) is 0.944. The number of hydrogen-bond donors (Lipinski definition) is 2. The first-order valence-electron chi connectivity index (χ1n) is 8.94. The second kappa shape index (κ2) is 4.27. The molecule has 0 aromatic heterocycles. The maximum absolute atomic E-state index is 12.9. The summed E-state index contributed by atoms with van der Waals surface area (Å²) < 4.78 is 0. The number of rotatable bonds is 2. The fourth-order valence-electron chi connectivity index (χ4n) is 7.45. The molecule has 2 unspecified atom stereocenters. The Morgan fingerprint density at radius 2 is 1.55 bits per heavy atom. The Morgan fingerprint density at radius 3 is 2.05 bits per heavy atom. The molecule has 0 spiro atoms. The van der Waals surface area contributed by atoms with E-state index in [-0.39, 0.29) is 22.2 Å². The first-order chi connectivity index (χ1) is 10.2. The molecule has 4 heteroatoms. The van der Waals surface area contributed by atoms with Gasteiger partial charge in [-0.3, -0.25) is 4.79 Å². The van der Waals surface area contributed by atoms with E-state index in [1.54, 1.807) is 0 Å². The lowest BCUT2D eigenvalue weighted by molar-refractivity contribution is -0.230. The van der Waals surface area contributed by atoms with Gasteiger partial charge in [-0.15, -0.1) is 0 Å². The molecule has 1 heterocycles. The van der Waals surface area contributed by atoms with Crippen molar-refractivity contribution in [1.29, 1.82) is 0 Å². The zero-order valence-electron chi connectivity index (χ0n) is 14.0. The molecule has 5 aliphatic rings. The number of nitrogens with two attached hydrogens (primary N) is 1. The van der Waals surface area contributed by atoms with E-state index in [0.29, 0.717) is 0 Å². The number of nitrogens with zero attached hydrogens (tertiary/aromatic N) is 1. The summed E-state index contributed by atoms with van der Waals surface area (Å²) >= 11 is 0. The Bertz CT molecular complexity index is 458. The Morgan fingerprint density at radius 1 is 1.00 bits per heavy atom. The standard InChI is InChI=1S/C18H30N2O2/c1-15-7-16(2)9-17(8-15,12-18(22,10-15)11-16)13(19)14(21)20-5-3-4-6-20/h13,22H,3-12,19H2,1-2H3/t13-,15?,16?,17?,18?/m1/s1. The predicted molar refractivity (Wildman–Crippen MR) is 85.1 cm³/mol. The minimum Gasteiger partial charge on any atom is -0.390 e. The molecule has 3 atom stereocenters. The molecule has 22 heavy (non-hydrogen) atoms. The van der Waals surface area contributed by atoms with Gasteiger partial charge in [0.25, 0.3) is 0 Å². The summed E-state index contributed by atoms with van der Waals surface area (Å²) in [7, 11) is 0. The lowest BCUT2D eigenvalue weighted by atomic mass is 9.38. The van der Waals surface area contributed by atoms with Crippen molar-refractivity contribution in [3.05, 3.63) is 0 Å². The van der Waals surface area contributed by atoms with Crippen molar-refractivity contribution in [2.24, 2.45) is 22.0 Å². The van der Waals surface area contributed by atoms with Gasteiger partial charge in [0.2, 0.25) is 5.91 Å². The predicted octanol–water partition coefficient (Wildman–Crippen LogP) is 2.05. The van der Waals surface area contributed by atoms with Crippen LogP contribution in [0.15, 0.2) is 0 Å². The first-order valence-corrected chi connectivity index (χ1v) is 8.94. The smallest absolute Gasteiger partial charge is 0.240 e. The minimum absolute atomic E-state index is 0.134. The lowest BCUT2D eigenvalue weighted by Crippen LogP contribution is -2.68. The molecule has 0 aromatic carbocycles. The average molecular weight is 306 g/mol. The Hall–Kier alpha value is -0.610. The number of hydrogen-bond acceptors (Lipinski definition) is 3. The van der Waals surface area contributed by atoms with Gasteiger partial charge in [0.05, 0.1) is 11.6 Å². The number of carbonyl (C=O) groups is 1. The lowest BCUT2D eigenvalue weighted by Gasteiger charge is -2.69. The Balaban J connectivity index is 1.66. The summed E-state index contributed by atoms with van der Waals surface area (Å²) in [6, 6.07) is -0.434. The van der Waals surface area contributed by atoms with Crippen LogP contribution in [0.25, 0.3) is 0 Å². The average Bonchev–Trinajstić information content (AvgIpc) is 2.84. The van der Waals surface area contributed by atoms with Gasteiger partial charge in [-0.05, 0) is 67.6 Å². The third-order valence-electron chi connectivity index (χ3n) is 6.95. The SMILES string of the molecule is CC12CC3(C)CC(O)(C1)CC([C@H](N)C(=O)N1CCCC1)(C2)C3. The highest BCUT2D eigenvalue weighted by Crippen LogP contribution is 2.71. The van der Waals surface area contributed by atoms with Crippen molar-refractivity contribution in [2.75, 3.05) is 13.1 Å². The van der Waals surface area contributed by atoms with Crippen LogP contribution in [0.1, 0.15) is 65.2 Å². The molecule has 5 rings (SSSR count). The van der Waals surface area contributed by atoms with Crippen LogP contribution in [0.2, 0.25) is 0 Å². The van der Waals surface area contributed by atoms with Crippen molar-refractivity contribution in [2.45, 2.75) is 76.9 Å². The van der Waals surface area contributed by atoms with Crippen LogP contribution in [0.5, 0.6) is 0 Å². The van der Waals surface area contributed by atoms with E-state index in [1.165, 1.54) is 6.42 Å². The van der Waals surface area contributed by atoms with Gasteiger partial charge in [-0.2, -0.15) is 0 Å². The fourth-order valence-corrected chi connectivity index (χ4v) is 7.45. The van der Waals surface area contributed by atoms with Crippen LogP contribution in [0.3, 0.4) is 0 Å². The van der Waals surface area contributed by atoms with Gasteiger partial charge < -0.3 is 15.7 Å². The molecule has 124 valence electrons. The third kappa shape index (κ3) is 2.06. The summed E-state index contributed by atoms with van der Waals surface area (Å²) in [5.41, 5.74) is 6.09. The summed E-state index contributed by atoms with van der Waals surface area (Å²) in [6.07, 6.45) is 7.91. The molecule has 4 aliphatic carbocycles. The largest absolute Gasteiger partial charge is 0.390 e. The van der Waals surface area contributed by atoms with E-state index in [1.807, 2.05) is 4.90 Å². The van der Waals surface area contributed by atoms with Crippen LogP contribution in [-0.4, -0.2) is 40.6 Å². The second-order valence-corrected chi connectivity index (χ2v) is 9.78. The van der Waals surface area contributed by atoms with Gasteiger partial charge in [-0.25, -0.2) is 0 Å². The van der Waals surface area contributed by atoms with E-state index < -0.39 is 11.6 Å². The molecule has 3 N–H and O–H groups in total. The zero-order valence-corrected chi connectivity index (χ0v) is 14.0. The number of amides is 1. The van der Waals surface area contributed by atoms with Crippen molar-refractivity contribution in [3.8, 4) is 0 Å². The molecular formula is C18H30N2O2. The van der Waals surface area contributed by atoms with E-state index in [2.05, 4.69) is 13.8 Å². The molecule has 1 amide bonds. The Kier molecular flexibility index (Phi) is 2.90. The van der Waals surface area contributed by atoms with Gasteiger partial charge >= 0.3 is 0 Å². The molecule has 0 aromatic rings. The molecule has 1 aliphatic heterocycles. The van der Waals surface area contributed by atoms with Crippen LogP contribution < -0.4 is 5.73 Å². The highest BCUT2D eigenvalue weighted by atomic mass is 16.3. The van der Waals surface area contributed by atoms with Crippen LogP contribution in [-0.2, 0) is 4.79 Å². The van der Waals surface area contributed by atoms with E-state index in [4.69, 9.17) is 5.73 Å². The van der Waals surface area contributed by atoms with Gasteiger partial charge in [-0.1, -0.05) is 13.8 Å². The van der Waals surface area contributed by atoms with Crippen molar-refractivity contribution in [1.82, 2.24) is 4.90 Å².